The van der Waals surface area contributed by atoms with Gasteiger partial charge in [0.15, 0.2) is 0 Å². The first-order valence-corrected chi connectivity index (χ1v) is 9.98. The van der Waals surface area contributed by atoms with Crippen molar-refractivity contribution in [3.05, 3.63) is 34.2 Å². The Hall–Kier alpha value is -0.951. The van der Waals surface area contributed by atoms with Gasteiger partial charge in [-0.25, -0.2) is 0 Å². The van der Waals surface area contributed by atoms with Gasteiger partial charge in [0, 0.05) is 0 Å². The fourth-order valence-corrected chi connectivity index (χ4v) is 4.37. The van der Waals surface area contributed by atoms with Crippen molar-refractivity contribution in [1.29, 1.82) is 0 Å². The van der Waals surface area contributed by atoms with Crippen LogP contribution < -0.4 is 16.5 Å². The minimum atomic E-state index is -4.14. The molecule has 1 atom stereocenters. The van der Waals surface area contributed by atoms with Gasteiger partial charge in [-0.1, -0.05) is 13.8 Å². The van der Waals surface area contributed by atoms with Crippen LogP contribution in [0.25, 0.3) is 0 Å². The van der Waals surface area contributed by atoms with E-state index in [0.717, 1.165) is 25.1 Å². The van der Waals surface area contributed by atoms with E-state index >= 15 is 0 Å². The molecule has 4 nitrogen and oxygen atoms in total. The molecule has 0 radical (unpaired) electrons. The van der Waals surface area contributed by atoms with E-state index in [0.29, 0.717) is 16.7 Å². The Bertz CT molecular complexity index is 550. The Morgan fingerprint density at radius 2 is 2.08 bits per heavy atom. The summed E-state index contributed by atoms with van der Waals surface area (Å²) in [7, 11) is 0. The van der Waals surface area contributed by atoms with Crippen LogP contribution in [0.15, 0.2) is 34.2 Å². The van der Waals surface area contributed by atoms with Gasteiger partial charge in [-0.05, 0) is 0 Å². The zero-order valence-corrected chi connectivity index (χ0v) is 15.9. The predicted molar refractivity (Wildman–Crippen MR) is 90.6 cm³/mol. The molecular weight excluding hydrogens is 384 g/mol. The zero-order valence-electron chi connectivity index (χ0n) is 14.2. The molecule has 1 fully saturated rings. The van der Waals surface area contributed by atoms with E-state index in [1.807, 2.05) is 19.9 Å². The van der Waals surface area contributed by atoms with Gasteiger partial charge >= 0.3 is 133 Å². The topological polar surface area (TPSA) is 53.3 Å². The van der Waals surface area contributed by atoms with Crippen LogP contribution in [-0.4, -0.2) is 43.2 Å². The summed E-state index contributed by atoms with van der Waals surface area (Å²) in [6.45, 7) is 6.37. The van der Waals surface area contributed by atoms with E-state index in [9.17, 15) is 13.2 Å². The minimum absolute atomic E-state index is 0.0136. The number of hydrogen-bond donors (Lipinski definition) is 3. The second-order valence-electron chi connectivity index (χ2n) is 5.84. The van der Waals surface area contributed by atoms with E-state index in [4.69, 9.17) is 5.73 Å². The Morgan fingerprint density at radius 1 is 1.42 bits per heavy atom. The fourth-order valence-electron chi connectivity index (χ4n) is 2.81. The first-order valence-electron chi connectivity index (χ1n) is 8.26. The molecule has 0 aromatic carbocycles. The summed E-state index contributed by atoms with van der Waals surface area (Å²) in [5.41, 5.74) is 9.42. The summed E-state index contributed by atoms with van der Waals surface area (Å²) < 4.78 is 38.8. The molecule has 24 heavy (non-hydrogen) atoms. The number of nitrogens with zero attached hydrogens (tertiary/aromatic N) is 1. The summed E-state index contributed by atoms with van der Waals surface area (Å²) in [4.78, 5) is 0. The standard InChI is InChI=1S/C14H19F3N4Se.C2H6/c1-9-12(22-14(15,16)17)10-3-2-4-11(21(10)20-9)19-13(5-6-13)7-8-18;1-2/h2-4,9,19-20H,5-8,18H2,1H3;1-2H3. The molecule has 0 amide bonds. The first kappa shape index (κ1) is 19.4. The van der Waals surface area contributed by atoms with Gasteiger partial charge in [-0.15, -0.1) is 0 Å². The van der Waals surface area contributed by atoms with Crippen molar-refractivity contribution in [2.45, 2.75) is 56.7 Å². The third kappa shape index (κ3) is 4.36. The molecule has 2 aliphatic heterocycles. The van der Waals surface area contributed by atoms with Crippen LogP contribution in [0.5, 0.6) is 0 Å². The van der Waals surface area contributed by atoms with Crippen LogP contribution in [0.3, 0.4) is 0 Å². The third-order valence-electron chi connectivity index (χ3n) is 4.05. The molecule has 0 spiro atoms. The first-order chi connectivity index (χ1) is 11.3. The number of halogens is 3. The summed E-state index contributed by atoms with van der Waals surface area (Å²) in [6.07, 6.45) is 8.41. The maximum atomic E-state index is 12.8. The molecule has 1 saturated carbocycles. The summed E-state index contributed by atoms with van der Waals surface area (Å²) in [6, 6.07) is -0.311. The summed E-state index contributed by atoms with van der Waals surface area (Å²) in [5, 5.41) is 1.08. The van der Waals surface area contributed by atoms with E-state index in [1.54, 1.807) is 24.1 Å². The van der Waals surface area contributed by atoms with E-state index in [1.165, 1.54) is 0 Å². The molecular formula is C16H25F3N4Se. The van der Waals surface area contributed by atoms with Crippen LogP contribution in [-0.2, 0) is 0 Å². The Balaban J connectivity index is 0.00000100. The Morgan fingerprint density at radius 3 is 2.62 bits per heavy atom. The molecule has 136 valence electrons. The number of hydrogen-bond acceptors (Lipinski definition) is 4. The molecule has 4 N–H and O–H groups in total. The van der Waals surface area contributed by atoms with Gasteiger partial charge in [0.1, 0.15) is 0 Å². The number of alkyl halides is 3. The SMILES string of the molecule is CC.CC1NN2C(NC3(CCN)CC3)=CC=CC2=C1[Se]C(F)(F)F. The van der Waals surface area contributed by atoms with Crippen LogP contribution in [0, 0.1) is 0 Å². The average molecular weight is 409 g/mol. The van der Waals surface area contributed by atoms with E-state index < -0.39 is 20.0 Å². The number of fused-ring (bicyclic) bond motifs is 1. The molecule has 0 aromatic heterocycles. The monoisotopic (exact) mass is 410 g/mol. The summed E-state index contributed by atoms with van der Waals surface area (Å²) in [5.74, 6) is 0.809. The van der Waals surface area contributed by atoms with Gasteiger partial charge in [-0.2, -0.15) is 0 Å². The molecule has 3 rings (SSSR count). The molecule has 2 heterocycles. The Labute approximate surface area is 147 Å². The van der Waals surface area contributed by atoms with Crippen molar-refractivity contribution in [2.24, 2.45) is 5.73 Å². The second-order valence-corrected chi connectivity index (χ2v) is 8.16. The number of allylic oxidation sites excluding steroid dienone is 3. The molecule has 0 bridgehead atoms. The molecule has 3 aliphatic rings. The molecule has 0 saturated heterocycles. The predicted octanol–water partition coefficient (Wildman–Crippen LogP) is 2.54. The van der Waals surface area contributed by atoms with E-state index in [2.05, 4.69) is 10.7 Å². The van der Waals surface area contributed by atoms with Crippen molar-refractivity contribution in [1.82, 2.24) is 15.8 Å². The quantitative estimate of drug-likeness (QED) is 0.611. The van der Waals surface area contributed by atoms with E-state index in [-0.39, 0.29) is 11.6 Å². The number of rotatable bonds is 5. The maximum absolute atomic E-state index is 12.8. The number of hydrazine groups is 1. The van der Waals surface area contributed by atoms with Gasteiger partial charge in [0.25, 0.3) is 0 Å². The zero-order chi connectivity index (χ0) is 18.0. The van der Waals surface area contributed by atoms with Crippen molar-refractivity contribution in [3.63, 3.8) is 0 Å². The van der Waals surface area contributed by atoms with Gasteiger partial charge in [0.2, 0.25) is 0 Å². The third-order valence-corrected chi connectivity index (χ3v) is 6.18. The second kappa shape index (κ2) is 7.52. The summed E-state index contributed by atoms with van der Waals surface area (Å²) >= 11 is -1.52. The molecule has 1 aliphatic carbocycles. The molecule has 8 heteroatoms. The van der Waals surface area contributed by atoms with Crippen LogP contribution in [0.1, 0.15) is 40.0 Å². The number of nitrogens with two attached hydrogens (primary N) is 1. The van der Waals surface area contributed by atoms with Crippen LogP contribution in [0.2, 0.25) is 0 Å². The molecule has 0 aromatic rings. The van der Waals surface area contributed by atoms with Gasteiger partial charge in [0.05, 0.1) is 0 Å². The van der Waals surface area contributed by atoms with Crippen molar-refractivity contribution in [2.75, 3.05) is 6.54 Å². The van der Waals surface area contributed by atoms with Crippen LogP contribution in [0.4, 0.5) is 13.2 Å². The normalized spacial score (nSPS) is 24.2. The van der Waals surface area contributed by atoms with Crippen molar-refractivity contribution >= 4 is 15.0 Å². The average Bonchev–Trinajstić information content (AvgIpc) is 3.20. The Kier molecular flexibility index (Phi) is 6.07. The number of nitrogens with one attached hydrogen (secondary N) is 2. The van der Waals surface area contributed by atoms with Crippen LogP contribution >= 0.6 is 0 Å². The van der Waals surface area contributed by atoms with Gasteiger partial charge in [-0.3, -0.25) is 0 Å². The van der Waals surface area contributed by atoms with Gasteiger partial charge < -0.3 is 0 Å². The van der Waals surface area contributed by atoms with Crippen molar-refractivity contribution in [3.8, 4) is 0 Å². The molecule has 1 unspecified atom stereocenters. The van der Waals surface area contributed by atoms with Crippen molar-refractivity contribution < 1.29 is 13.2 Å². The fraction of sp³-hybridized carbons (Fsp3) is 0.625.